The zero-order valence-corrected chi connectivity index (χ0v) is 14.6. The van der Waals surface area contributed by atoms with Crippen molar-refractivity contribution in [3.63, 3.8) is 0 Å². The SMILES string of the molecule is Cc1ccc(-c2cc(=O)c3cc(NC(=O)c4cccnc4)ccc3o2)cc1. The lowest BCUT2D eigenvalue weighted by Crippen LogP contribution is -2.12. The molecule has 0 bridgehead atoms. The number of aromatic nitrogens is 1. The minimum Gasteiger partial charge on any atom is -0.456 e. The molecule has 4 aromatic rings. The summed E-state index contributed by atoms with van der Waals surface area (Å²) in [4.78, 5) is 28.7. The van der Waals surface area contributed by atoms with Gasteiger partial charge in [-0.2, -0.15) is 0 Å². The molecule has 5 nitrogen and oxygen atoms in total. The number of amides is 1. The molecule has 0 unspecified atom stereocenters. The molecule has 27 heavy (non-hydrogen) atoms. The number of nitrogens with one attached hydrogen (secondary N) is 1. The number of carbonyl (C=O) groups is 1. The van der Waals surface area contributed by atoms with E-state index >= 15 is 0 Å². The van der Waals surface area contributed by atoms with Gasteiger partial charge in [0.25, 0.3) is 5.91 Å². The molecule has 0 aliphatic carbocycles. The van der Waals surface area contributed by atoms with Crippen LogP contribution in [0.2, 0.25) is 0 Å². The molecule has 0 aliphatic rings. The van der Waals surface area contributed by atoms with E-state index in [4.69, 9.17) is 4.42 Å². The van der Waals surface area contributed by atoms with Gasteiger partial charge in [-0.25, -0.2) is 0 Å². The first kappa shape index (κ1) is 16.7. The number of rotatable bonds is 3. The minimum atomic E-state index is -0.289. The van der Waals surface area contributed by atoms with Crippen molar-refractivity contribution in [1.82, 2.24) is 4.98 Å². The van der Waals surface area contributed by atoms with Crippen LogP contribution in [0.15, 0.2) is 82.3 Å². The minimum absolute atomic E-state index is 0.163. The second-order valence-electron chi connectivity index (χ2n) is 6.25. The Morgan fingerprint density at radius 2 is 1.85 bits per heavy atom. The van der Waals surface area contributed by atoms with Gasteiger partial charge in [0.1, 0.15) is 11.3 Å². The highest BCUT2D eigenvalue weighted by Gasteiger charge is 2.10. The summed E-state index contributed by atoms with van der Waals surface area (Å²) in [6, 6.07) is 17.6. The zero-order valence-electron chi connectivity index (χ0n) is 14.6. The fourth-order valence-electron chi connectivity index (χ4n) is 2.79. The molecule has 2 aromatic carbocycles. The number of anilines is 1. The lowest BCUT2D eigenvalue weighted by molar-refractivity contribution is 0.102. The van der Waals surface area contributed by atoms with Crippen LogP contribution in [0.3, 0.4) is 0 Å². The van der Waals surface area contributed by atoms with Gasteiger partial charge < -0.3 is 9.73 Å². The fraction of sp³-hybridized carbons (Fsp3) is 0.0455. The third kappa shape index (κ3) is 3.48. The van der Waals surface area contributed by atoms with Crippen LogP contribution in [0.4, 0.5) is 5.69 Å². The van der Waals surface area contributed by atoms with Crippen molar-refractivity contribution in [3.05, 3.63) is 94.4 Å². The van der Waals surface area contributed by atoms with Crippen molar-refractivity contribution in [2.75, 3.05) is 5.32 Å². The second-order valence-corrected chi connectivity index (χ2v) is 6.25. The summed E-state index contributed by atoms with van der Waals surface area (Å²) in [5.74, 6) is 0.225. The Balaban J connectivity index is 1.68. The quantitative estimate of drug-likeness (QED) is 0.590. The molecular weight excluding hydrogens is 340 g/mol. The average molecular weight is 356 g/mol. The van der Waals surface area contributed by atoms with Gasteiger partial charge in [0.2, 0.25) is 0 Å². The number of aryl methyl sites for hydroxylation is 1. The van der Waals surface area contributed by atoms with Crippen LogP contribution in [0.1, 0.15) is 15.9 Å². The Morgan fingerprint density at radius 3 is 2.59 bits per heavy atom. The molecule has 0 aliphatic heterocycles. The van der Waals surface area contributed by atoms with E-state index in [1.54, 1.807) is 36.5 Å². The first-order valence-electron chi connectivity index (χ1n) is 8.46. The number of hydrogen-bond donors (Lipinski definition) is 1. The van der Waals surface area contributed by atoms with Gasteiger partial charge in [-0.15, -0.1) is 0 Å². The third-order valence-electron chi connectivity index (χ3n) is 4.24. The van der Waals surface area contributed by atoms with Crippen molar-refractivity contribution in [2.45, 2.75) is 6.92 Å². The van der Waals surface area contributed by atoms with Gasteiger partial charge in [-0.1, -0.05) is 29.8 Å². The molecule has 2 aromatic heterocycles. The highest BCUT2D eigenvalue weighted by molar-refractivity contribution is 6.04. The molecule has 1 amide bonds. The number of fused-ring (bicyclic) bond motifs is 1. The van der Waals surface area contributed by atoms with Crippen molar-refractivity contribution in [1.29, 1.82) is 0 Å². The van der Waals surface area contributed by atoms with Crippen LogP contribution in [0.25, 0.3) is 22.3 Å². The van der Waals surface area contributed by atoms with Crippen molar-refractivity contribution in [3.8, 4) is 11.3 Å². The van der Waals surface area contributed by atoms with E-state index in [1.165, 1.54) is 12.3 Å². The lowest BCUT2D eigenvalue weighted by atomic mass is 10.1. The van der Waals surface area contributed by atoms with Gasteiger partial charge in [-0.05, 0) is 37.3 Å². The highest BCUT2D eigenvalue weighted by atomic mass is 16.3. The van der Waals surface area contributed by atoms with Gasteiger partial charge in [0.05, 0.1) is 10.9 Å². The van der Waals surface area contributed by atoms with Crippen LogP contribution in [0, 0.1) is 6.92 Å². The first-order chi connectivity index (χ1) is 13.1. The van der Waals surface area contributed by atoms with E-state index in [0.29, 0.717) is 28.0 Å². The van der Waals surface area contributed by atoms with Gasteiger partial charge in [0.15, 0.2) is 5.43 Å². The topological polar surface area (TPSA) is 72.2 Å². The molecule has 0 saturated carbocycles. The second kappa shape index (κ2) is 6.88. The van der Waals surface area contributed by atoms with Gasteiger partial charge in [-0.3, -0.25) is 14.6 Å². The smallest absolute Gasteiger partial charge is 0.257 e. The van der Waals surface area contributed by atoms with E-state index in [9.17, 15) is 9.59 Å². The summed E-state index contributed by atoms with van der Waals surface area (Å²) in [6.07, 6.45) is 3.09. The largest absolute Gasteiger partial charge is 0.456 e. The van der Waals surface area contributed by atoms with Crippen LogP contribution >= 0.6 is 0 Å². The summed E-state index contributed by atoms with van der Waals surface area (Å²) >= 11 is 0. The first-order valence-corrected chi connectivity index (χ1v) is 8.46. The van der Waals surface area contributed by atoms with E-state index in [-0.39, 0.29) is 11.3 Å². The number of carbonyl (C=O) groups excluding carboxylic acids is 1. The Morgan fingerprint density at radius 1 is 1.04 bits per heavy atom. The number of benzene rings is 2. The average Bonchev–Trinajstić information content (AvgIpc) is 2.69. The maximum absolute atomic E-state index is 12.6. The Kier molecular flexibility index (Phi) is 4.26. The standard InChI is InChI=1S/C22H16N2O3/c1-14-4-6-15(7-5-14)21-12-19(25)18-11-17(8-9-20(18)27-21)24-22(26)16-3-2-10-23-13-16/h2-13H,1H3,(H,24,26). The molecule has 2 heterocycles. The van der Waals surface area contributed by atoms with Crippen molar-refractivity contribution < 1.29 is 9.21 Å². The Labute approximate surface area is 155 Å². The normalized spacial score (nSPS) is 10.7. The highest BCUT2D eigenvalue weighted by Crippen LogP contribution is 2.24. The van der Waals surface area contributed by atoms with Crippen LogP contribution in [-0.2, 0) is 0 Å². The molecule has 0 radical (unpaired) electrons. The van der Waals surface area contributed by atoms with Gasteiger partial charge in [0, 0.05) is 29.7 Å². The maximum Gasteiger partial charge on any atom is 0.257 e. The summed E-state index contributed by atoms with van der Waals surface area (Å²) in [5.41, 5.74) is 3.25. The molecular formula is C22H16N2O3. The molecule has 0 fully saturated rings. The molecule has 0 atom stereocenters. The van der Waals surface area contributed by atoms with E-state index in [2.05, 4.69) is 10.3 Å². The molecule has 132 valence electrons. The molecule has 5 heteroatoms. The number of hydrogen-bond acceptors (Lipinski definition) is 4. The van der Waals surface area contributed by atoms with Crippen LogP contribution in [0.5, 0.6) is 0 Å². The Hall–Kier alpha value is -3.73. The Bertz CT molecular complexity index is 1180. The van der Waals surface area contributed by atoms with E-state index in [0.717, 1.165) is 11.1 Å². The fourth-order valence-corrected chi connectivity index (χ4v) is 2.79. The van der Waals surface area contributed by atoms with Crippen LogP contribution in [-0.4, -0.2) is 10.9 Å². The van der Waals surface area contributed by atoms with E-state index in [1.807, 2.05) is 31.2 Å². The summed E-state index contributed by atoms with van der Waals surface area (Å²) in [7, 11) is 0. The van der Waals surface area contributed by atoms with E-state index < -0.39 is 0 Å². The predicted octanol–water partition coefficient (Wildman–Crippen LogP) is 4.42. The van der Waals surface area contributed by atoms with Crippen molar-refractivity contribution >= 4 is 22.6 Å². The van der Waals surface area contributed by atoms with Gasteiger partial charge >= 0.3 is 0 Å². The van der Waals surface area contributed by atoms with Crippen molar-refractivity contribution in [2.24, 2.45) is 0 Å². The lowest BCUT2D eigenvalue weighted by Gasteiger charge is -2.07. The zero-order chi connectivity index (χ0) is 18.8. The summed E-state index contributed by atoms with van der Waals surface area (Å²) in [5, 5.41) is 3.18. The summed E-state index contributed by atoms with van der Waals surface area (Å²) < 4.78 is 5.89. The molecule has 1 N–H and O–H groups in total. The molecule has 0 spiro atoms. The van der Waals surface area contributed by atoms with Crippen LogP contribution < -0.4 is 10.7 Å². The molecule has 4 rings (SSSR count). The third-order valence-corrected chi connectivity index (χ3v) is 4.24. The monoisotopic (exact) mass is 356 g/mol. The molecule has 0 saturated heterocycles. The number of pyridine rings is 1. The summed E-state index contributed by atoms with van der Waals surface area (Å²) in [6.45, 7) is 2.00. The predicted molar refractivity (Wildman–Crippen MR) is 105 cm³/mol. The number of nitrogens with zero attached hydrogens (tertiary/aromatic N) is 1. The maximum atomic E-state index is 12.6.